The highest BCUT2D eigenvalue weighted by molar-refractivity contribution is 4.94. The zero-order chi connectivity index (χ0) is 8.69. The summed E-state index contributed by atoms with van der Waals surface area (Å²) in [6, 6.07) is 0. The van der Waals surface area contributed by atoms with Crippen LogP contribution in [0.2, 0.25) is 0 Å². The van der Waals surface area contributed by atoms with Crippen molar-refractivity contribution in [2.24, 2.45) is 0 Å². The van der Waals surface area contributed by atoms with E-state index in [-0.39, 0.29) is 0 Å². The Hall–Kier alpha value is -0.300. The highest BCUT2D eigenvalue weighted by atomic mass is 15.1. The van der Waals surface area contributed by atoms with Crippen molar-refractivity contribution in [3.8, 4) is 0 Å². The Morgan fingerprint density at radius 2 is 1.91 bits per heavy atom. The number of hydrogen-bond donors (Lipinski definition) is 0. The topological polar surface area (TPSA) is 3.24 Å². The molecule has 0 saturated carbocycles. The van der Waals surface area contributed by atoms with Crippen molar-refractivity contribution in [3.05, 3.63) is 11.6 Å². The predicted octanol–water partition coefficient (Wildman–Crippen LogP) is 2.68. The maximum atomic E-state index is 2.45. The molecule has 0 radical (unpaired) electrons. The minimum Gasteiger partial charge on any atom is -0.300 e. The van der Waals surface area contributed by atoms with E-state index in [1.165, 1.54) is 18.5 Å². The summed E-state index contributed by atoms with van der Waals surface area (Å²) in [7, 11) is 0. The van der Waals surface area contributed by atoms with Gasteiger partial charge in [0.1, 0.15) is 0 Å². The summed E-state index contributed by atoms with van der Waals surface area (Å²) in [5.41, 5.74) is 1.42. The van der Waals surface area contributed by atoms with Crippen LogP contribution in [0.25, 0.3) is 0 Å². The standard InChI is InChI=1S/C10H21N/c1-5-8-11(6-2)9-7-10(3)4/h7H,5-6,8-9H2,1-4H3. The third-order valence-electron chi connectivity index (χ3n) is 1.74. The molecule has 0 aliphatic carbocycles. The molecular formula is C10H21N. The van der Waals surface area contributed by atoms with Crippen LogP contribution in [0, 0.1) is 0 Å². The monoisotopic (exact) mass is 155 g/mol. The lowest BCUT2D eigenvalue weighted by atomic mass is 10.3. The molecule has 0 rings (SSSR count). The zero-order valence-corrected chi connectivity index (χ0v) is 8.35. The zero-order valence-electron chi connectivity index (χ0n) is 8.35. The minimum absolute atomic E-state index is 1.12. The molecule has 0 N–H and O–H groups in total. The fourth-order valence-electron chi connectivity index (χ4n) is 1.01. The van der Waals surface area contributed by atoms with Crippen molar-refractivity contribution in [1.29, 1.82) is 0 Å². The summed E-state index contributed by atoms with van der Waals surface area (Å²) in [5.74, 6) is 0. The first-order valence-electron chi connectivity index (χ1n) is 4.56. The van der Waals surface area contributed by atoms with E-state index in [1.807, 2.05) is 0 Å². The molecule has 11 heavy (non-hydrogen) atoms. The quantitative estimate of drug-likeness (QED) is 0.552. The molecule has 0 aromatic heterocycles. The maximum absolute atomic E-state index is 2.45. The SMILES string of the molecule is CCCN(CC)CC=C(C)C. The van der Waals surface area contributed by atoms with E-state index >= 15 is 0 Å². The molecule has 0 aliphatic heterocycles. The van der Waals surface area contributed by atoms with Crippen LogP contribution in [0.15, 0.2) is 11.6 Å². The van der Waals surface area contributed by atoms with Gasteiger partial charge in [0.25, 0.3) is 0 Å². The van der Waals surface area contributed by atoms with Gasteiger partial charge in [0.05, 0.1) is 0 Å². The predicted molar refractivity (Wildman–Crippen MR) is 51.8 cm³/mol. The van der Waals surface area contributed by atoms with Gasteiger partial charge in [0.2, 0.25) is 0 Å². The third kappa shape index (κ3) is 6.11. The molecule has 0 fully saturated rings. The summed E-state index contributed by atoms with van der Waals surface area (Å²) in [6.07, 6.45) is 3.55. The van der Waals surface area contributed by atoms with Gasteiger partial charge in [-0.25, -0.2) is 0 Å². The van der Waals surface area contributed by atoms with Crippen molar-refractivity contribution in [3.63, 3.8) is 0 Å². The first-order valence-corrected chi connectivity index (χ1v) is 4.56. The Bertz CT molecular complexity index is 112. The molecule has 0 spiro atoms. The maximum Gasteiger partial charge on any atom is 0.0165 e. The molecule has 0 heterocycles. The number of allylic oxidation sites excluding steroid dienone is 1. The number of likely N-dealkylation sites (N-methyl/N-ethyl adjacent to an activating group) is 1. The van der Waals surface area contributed by atoms with Crippen molar-refractivity contribution in [2.75, 3.05) is 19.6 Å². The lowest BCUT2D eigenvalue weighted by Gasteiger charge is -2.17. The van der Waals surface area contributed by atoms with Gasteiger partial charge in [-0.05, 0) is 33.4 Å². The second kappa shape index (κ2) is 6.41. The van der Waals surface area contributed by atoms with E-state index < -0.39 is 0 Å². The van der Waals surface area contributed by atoms with Crippen molar-refractivity contribution in [1.82, 2.24) is 4.90 Å². The van der Waals surface area contributed by atoms with Crippen LogP contribution < -0.4 is 0 Å². The molecule has 0 aromatic rings. The van der Waals surface area contributed by atoms with Crippen LogP contribution in [0.4, 0.5) is 0 Å². The van der Waals surface area contributed by atoms with Crippen LogP contribution in [-0.4, -0.2) is 24.5 Å². The second-order valence-electron chi connectivity index (χ2n) is 3.17. The van der Waals surface area contributed by atoms with E-state index in [9.17, 15) is 0 Å². The van der Waals surface area contributed by atoms with Crippen LogP contribution in [0.3, 0.4) is 0 Å². The van der Waals surface area contributed by atoms with E-state index in [4.69, 9.17) is 0 Å². The Kier molecular flexibility index (Phi) is 6.24. The average molecular weight is 155 g/mol. The number of hydrogen-bond acceptors (Lipinski definition) is 1. The molecular weight excluding hydrogens is 134 g/mol. The summed E-state index contributed by atoms with van der Waals surface area (Å²) < 4.78 is 0. The molecule has 0 amide bonds. The smallest absolute Gasteiger partial charge is 0.0165 e. The van der Waals surface area contributed by atoms with Crippen LogP contribution in [0.1, 0.15) is 34.1 Å². The lowest BCUT2D eigenvalue weighted by Crippen LogP contribution is -2.24. The van der Waals surface area contributed by atoms with Crippen LogP contribution >= 0.6 is 0 Å². The van der Waals surface area contributed by atoms with Crippen molar-refractivity contribution >= 4 is 0 Å². The Labute approximate surface area is 71.1 Å². The van der Waals surface area contributed by atoms with Gasteiger partial charge in [-0.3, -0.25) is 4.90 Å². The van der Waals surface area contributed by atoms with Gasteiger partial charge in [-0.1, -0.05) is 25.5 Å². The molecule has 0 saturated heterocycles. The van der Waals surface area contributed by atoms with Gasteiger partial charge in [0, 0.05) is 6.54 Å². The number of rotatable bonds is 5. The van der Waals surface area contributed by atoms with Gasteiger partial charge >= 0.3 is 0 Å². The van der Waals surface area contributed by atoms with E-state index in [2.05, 4.69) is 38.7 Å². The summed E-state index contributed by atoms with van der Waals surface area (Å²) in [5, 5.41) is 0. The number of nitrogens with zero attached hydrogens (tertiary/aromatic N) is 1. The van der Waals surface area contributed by atoms with Gasteiger partial charge in [-0.15, -0.1) is 0 Å². The molecule has 66 valence electrons. The second-order valence-corrected chi connectivity index (χ2v) is 3.17. The van der Waals surface area contributed by atoms with Crippen LogP contribution in [-0.2, 0) is 0 Å². The Balaban J connectivity index is 3.60. The summed E-state index contributed by atoms with van der Waals surface area (Å²) in [6.45, 7) is 12.3. The molecule has 0 atom stereocenters. The molecule has 0 unspecified atom stereocenters. The fraction of sp³-hybridized carbons (Fsp3) is 0.800. The molecule has 0 aliphatic rings. The minimum atomic E-state index is 1.12. The third-order valence-corrected chi connectivity index (χ3v) is 1.74. The van der Waals surface area contributed by atoms with Gasteiger partial charge in [0.15, 0.2) is 0 Å². The van der Waals surface area contributed by atoms with E-state index in [0.717, 1.165) is 13.1 Å². The van der Waals surface area contributed by atoms with Gasteiger partial charge in [-0.2, -0.15) is 0 Å². The average Bonchev–Trinajstić information content (AvgIpc) is 1.97. The van der Waals surface area contributed by atoms with Crippen LogP contribution in [0.5, 0.6) is 0 Å². The molecule has 0 bridgehead atoms. The normalized spacial score (nSPS) is 10.3. The molecule has 1 heteroatoms. The highest BCUT2D eigenvalue weighted by Gasteiger charge is 1.95. The highest BCUT2D eigenvalue weighted by Crippen LogP contribution is 1.94. The largest absolute Gasteiger partial charge is 0.300 e. The molecule has 1 nitrogen and oxygen atoms in total. The van der Waals surface area contributed by atoms with Crippen molar-refractivity contribution < 1.29 is 0 Å². The summed E-state index contributed by atoms with van der Waals surface area (Å²) >= 11 is 0. The van der Waals surface area contributed by atoms with Gasteiger partial charge < -0.3 is 0 Å². The van der Waals surface area contributed by atoms with E-state index in [0.29, 0.717) is 0 Å². The van der Waals surface area contributed by atoms with E-state index in [1.54, 1.807) is 0 Å². The summed E-state index contributed by atoms with van der Waals surface area (Å²) in [4.78, 5) is 2.45. The lowest BCUT2D eigenvalue weighted by molar-refractivity contribution is 0.319. The van der Waals surface area contributed by atoms with Crippen molar-refractivity contribution in [2.45, 2.75) is 34.1 Å². The molecule has 0 aromatic carbocycles. The first-order chi connectivity index (χ1) is 5.20. The Morgan fingerprint density at radius 1 is 1.27 bits per heavy atom. The Morgan fingerprint density at radius 3 is 2.27 bits per heavy atom. The fourth-order valence-corrected chi connectivity index (χ4v) is 1.01. The first kappa shape index (κ1) is 10.7.